The van der Waals surface area contributed by atoms with Crippen LogP contribution in [0, 0.1) is 0 Å². The van der Waals surface area contributed by atoms with Crippen molar-refractivity contribution in [2.24, 2.45) is 0 Å². The third kappa shape index (κ3) is 4.04. The van der Waals surface area contributed by atoms with Crippen LogP contribution in [0.3, 0.4) is 0 Å². The summed E-state index contributed by atoms with van der Waals surface area (Å²) >= 11 is 0. The van der Waals surface area contributed by atoms with Gasteiger partial charge in [-0.3, -0.25) is 0 Å². The Hall–Kier alpha value is -2.44. The number of nitrogen functional groups attached to an aromatic ring is 1. The lowest BCUT2D eigenvalue weighted by atomic mass is 10.3. The predicted octanol–water partition coefficient (Wildman–Crippen LogP) is 0.216. The van der Waals surface area contributed by atoms with E-state index in [9.17, 15) is 9.59 Å². The number of ether oxygens (including phenoxy) is 2. The Labute approximate surface area is 116 Å². The van der Waals surface area contributed by atoms with Crippen molar-refractivity contribution in [3.8, 4) is 5.75 Å². The highest BCUT2D eigenvalue weighted by Crippen LogP contribution is 2.12. The van der Waals surface area contributed by atoms with Crippen LogP contribution < -0.4 is 15.8 Å². The van der Waals surface area contributed by atoms with E-state index in [1.807, 2.05) is 0 Å². The summed E-state index contributed by atoms with van der Waals surface area (Å²) < 4.78 is 10.2. The molecule has 1 aliphatic heterocycles. The molecule has 0 unspecified atom stereocenters. The Bertz CT molecular complexity index is 475. The normalized spacial score (nSPS) is 14.0. The minimum atomic E-state index is -0.471. The van der Waals surface area contributed by atoms with E-state index in [-0.39, 0.29) is 19.2 Å². The number of hydrogen-bond acceptors (Lipinski definition) is 5. The fraction of sp³-hybridized carbons (Fsp3) is 0.385. The maximum Gasteiger partial charge on any atom is 0.344 e. The molecule has 0 atom stereocenters. The lowest BCUT2D eigenvalue weighted by Gasteiger charge is -2.13. The lowest BCUT2D eigenvalue weighted by Crippen LogP contribution is -2.32. The van der Waals surface area contributed by atoms with E-state index in [4.69, 9.17) is 15.2 Å². The maximum absolute atomic E-state index is 11.4. The fourth-order valence-electron chi connectivity index (χ4n) is 1.74. The summed E-state index contributed by atoms with van der Waals surface area (Å²) in [5.74, 6) is 0.0801. The molecule has 20 heavy (non-hydrogen) atoms. The van der Waals surface area contributed by atoms with Gasteiger partial charge in [0.25, 0.3) is 0 Å². The van der Waals surface area contributed by atoms with Gasteiger partial charge >= 0.3 is 12.0 Å². The number of esters is 1. The first-order valence-electron chi connectivity index (χ1n) is 6.32. The quantitative estimate of drug-likeness (QED) is 0.573. The topological polar surface area (TPSA) is 93.9 Å². The summed E-state index contributed by atoms with van der Waals surface area (Å²) in [5.41, 5.74) is 6.16. The molecule has 0 spiro atoms. The second-order valence-corrected chi connectivity index (χ2v) is 4.30. The van der Waals surface area contributed by atoms with E-state index < -0.39 is 5.97 Å². The van der Waals surface area contributed by atoms with Crippen LogP contribution in [0.4, 0.5) is 10.5 Å². The molecule has 0 saturated carbocycles. The number of hydrogen-bond donors (Lipinski definition) is 2. The Kier molecular flexibility index (Phi) is 4.65. The van der Waals surface area contributed by atoms with E-state index in [1.165, 1.54) is 0 Å². The predicted molar refractivity (Wildman–Crippen MR) is 72.3 cm³/mol. The number of urea groups is 1. The summed E-state index contributed by atoms with van der Waals surface area (Å²) in [6.45, 7) is 1.65. The van der Waals surface area contributed by atoms with Gasteiger partial charge in [0.15, 0.2) is 6.61 Å². The largest absolute Gasteiger partial charge is 0.482 e. The van der Waals surface area contributed by atoms with Gasteiger partial charge in [0.05, 0.1) is 6.54 Å². The molecule has 1 saturated heterocycles. The van der Waals surface area contributed by atoms with E-state index in [2.05, 4.69) is 5.32 Å². The Morgan fingerprint density at radius 1 is 1.35 bits per heavy atom. The van der Waals surface area contributed by atoms with Crippen LogP contribution in [0.5, 0.6) is 5.75 Å². The highest BCUT2D eigenvalue weighted by molar-refractivity contribution is 5.76. The molecule has 0 aliphatic carbocycles. The number of carbonyl (C=O) groups excluding carboxylic acids is 2. The van der Waals surface area contributed by atoms with E-state index >= 15 is 0 Å². The van der Waals surface area contributed by atoms with Crippen molar-refractivity contribution in [2.45, 2.75) is 0 Å². The SMILES string of the molecule is Nc1ccc(OCC(=O)OCCN2CCNC2=O)cc1. The fourth-order valence-corrected chi connectivity index (χ4v) is 1.74. The first-order chi connectivity index (χ1) is 9.65. The van der Waals surface area contributed by atoms with Crippen molar-refractivity contribution < 1.29 is 19.1 Å². The molecular formula is C13H17N3O4. The van der Waals surface area contributed by atoms with Crippen LogP contribution in [-0.2, 0) is 9.53 Å². The smallest absolute Gasteiger partial charge is 0.344 e. The first kappa shape index (κ1) is 14.0. The van der Waals surface area contributed by atoms with Gasteiger partial charge in [-0.1, -0.05) is 0 Å². The van der Waals surface area contributed by atoms with Crippen molar-refractivity contribution in [1.82, 2.24) is 10.2 Å². The van der Waals surface area contributed by atoms with E-state index in [1.54, 1.807) is 29.2 Å². The van der Waals surface area contributed by atoms with Gasteiger partial charge in [-0.05, 0) is 24.3 Å². The molecule has 2 rings (SSSR count). The summed E-state index contributed by atoms with van der Waals surface area (Å²) in [7, 11) is 0. The minimum absolute atomic E-state index is 0.126. The number of nitrogens with one attached hydrogen (secondary N) is 1. The number of carbonyl (C=O) groups is 2. The van der Waals surface area contributed by atoms with Crippen molar-refractivity contribution in [2.75, 3.05) is 38.6 Å². The summed E-state index contributed by atoms with van der Waals surface area (Å²) in [6.07, 6.45) is 0. The molecule has 3 N–H and O–H groups in total. The van der Waals surface area contributed by atoms with Gasteiger partial charge in [0, 0.05) is 18.8 Å². The zero-order valence-corrected chi connectivity index (χ0v) is 11.0. The van der Waals surface area contributed by atoms with E-state index in [0.717, 1.165) is 0 Å². The van der Waals surface area contributed by atoms with Crippen LogP contribution in [0.25, 0.3) is 0 Å². The van der Waals surface area contributed by atoms with Gasteiger partial charge in [0.1, 0.15) is 12.4 Å². The maximum atomic E-state index is 11.4. The molecule has 0 bridgehead atoms. The van der Waals surface area contributed by atoms with E-state index in [0.29, 0.717) is 31.1 Å². The molecular weight excluding hydrogens is 262 g/mol. The first-order valence-corrected chi connectivity index (χ1v) is 6.32. The number of nitrogens with zero attached hydrogens (tertiary/aromatic N) is 1. The Balaban J connectivity index is 1.63. The van der Waals surface area contributed by atoms with Crippen LogP contribution in [-0.4, -0.2) is 49.7 Å². The third-order valence-corrected chi connectivity index (χ3v) is 2.81. The average Bonchev–Trinajstić information content (AvgIpc) is 2.84. The minimum Gasteiger partial charge on any atom is -0.482 e. The molecule has 7 nitrogen and oxygen atoms in total. The summed E-state index contributed by atoms with van der Waals surface area (Å²) in [4.78, 5) is 24.3. The van der Waals surface area contributed by atoms with Crippen molar-refractivity contribution >= 4 is 17.7 Å². The zero-order chi connectivity index (χ0) is 14.4. The third-order valence-electron chi connectivity index (χ3n) is 2.81. The molecule has 7 heteroatoms. The number of anilines is 1. The van der Waals surface area contributed by atoms with Crippen LogP contribution in [0.1, 0.15) is 0 Å². The lowest BCUT2D eigenvalue weighted by molar-refractivity contribution is -0.146. The highest BCUT2D eigenvalue weighted by atomic mass is 16.6. The average molecular weight is 279 g/mol. The molecule has 1 aliphatic rings. The molecule has 0 aromatic heterocycles. The molecule has 108 valence electrons. The second-order valence-electron chi connectivity index (χ2n) is 4.30. The standard InChI is InChI=1S/C13H17N3O4/c14-10-1-3-11(4-2-10)20-9-12(17)19-8-7-16-6-5-15-13(16)18/h1-4H,5-9,14H2,(H,15,18). The zero-order valence-electron chi connectivity index (χ0n) is 11.0. The van der Waals surface area contributed by atoms with Crippen molar-refractivity contribution in [1.29, 1.82) is 0 Å². The number of nitrogens with two attached hydrogens (primary N) is 1. The van der Waals surface area contributed by atoms with Gasteiger partial charge in [0.2, 0.25) is 0 Å². The Morgan fingerprint density at radius 2 is 2.10 bits per heavy atom. The molecule has 1 heterocycles. The second kappa shape index (κ2) is 6.65. The number of benzene rings is 1. The molecule has 1 fully saturated rings. The highest BCUT2D eigenvalue weighted by Gasteiger charge is 2.19. The van der Waals surface area contributed by atoms with Crippen molar-refractivity contribution in [3.05, 3.63) is 24.3 Å². The van der Waals surface area contributed by atoms with Crippen molar-refractivity contribution in [3.63, 3.8) is 0 Å². The van der Waals surface area contributed by atoms with Gasteiger partial charge in [-0.25, -0.2) is 9.59 Å². The molecule has 1 aromatic carbocycles. The van der Waals surface area contributed by atoms with Gasteiger partial charge in [-0.2, -0.15) is 0 Å². The molecule has 2 amide bonds. The van der Waals surface area contributed by atoms with Crippen LogP contribution >= 0.6 is 0 Å². The molecule has 0 radical (unpaired) electrons. The molecule has 1 aromatic rings. The monoisotopic (exact) mass is 279 g/mol. The number of rotatable bonds is 6. The number of amides is 2. The van der Waals surface area contributed by atoms with Gasteiger partial charge in [-0.15, -0.1) is 0 Å². The van der Waals surface area contributed by atoms with Crippen LogP contribution in [0.15, 0.2) is 24.3 Å². The summed E-state index contributed by atoms with van der Waals surface area (Å²) in [5, 5.41) is 2.67. The summed E-state index contributed by atoms with van der Waals surface area (Å²) in [6, 6.07) is 6.60. The van der Waals surface area contributed by atoms with Gasteiger partial charge < -0.3 is 25.4 Å². The van der Waals surface area contributed by atoms with Crippen LogP contribution in [0.2, 0.25) is 0 Å². The Morgan fingerprint density at radius 3 is 2.75 bits per heavy atom.